The van der Waals surface area contributed by atoms with Crippen molar-refractivity contribution in [1.82, 2.24) is 10.2 Å². The number of amides is 2. The minimum absolute atomic E-state index is 0.0425. The molecule has 0 aromatic rings. The first-order valence-electron chi connectivity index (χ1n) is 6.46. The van der Waals surface area contributed by atoms with Crippen molar-refractivity contribution in [2.45, 2.75) is 43.8 Å². The van der Waals surface area contributed by atoms with Gasteiger partial charge in [0.2, 0.25) is 0 Å². The number of nitrogens with zero attached hydrogens (tertiary/aromatic N) is 1. The number of carbonyl (C=O) groups excluding carboxylic acids is 1. The fraction of sp³-hybridized carbons (Fsp3) is 0.833. The molecule has 0 spiro atoms. The highest BCUT2D eigenvalue weighted by Gasteiger charge is 2.33. The van der Waals surface area contributed by atoms with Gasteiger partial charge in [0, 0.05) is 20.0 Å². The number of nitrogens with one attached hydrogen (secondary N) is 1. The largest absolute Gasteiger partial charge is 0.479 e. The van der Waals surface area contributed by atoms with E-state index in [9.17, 15) is 14.7 Å². The summed E-state index contributed by atoms with van der Waals surface area (Å²) in [6, 6.07) is -0.377. The van der Waals surface area contributed by atoms with Crippen LogP contribution in [-0.4, -0.2) is 64.1 Å². The summed E-state index contributed by atoms with van der Waals surface area (Å²) >= 11 is 0. The highest BCUT2D eigenvalue weighted by Crippen LogP contribution is 2.29. The Morgan fingerprint density at radius 2 is 1.95 bits per heavy atom. The van der Waals surface area contributed by atoms with Crippen molar-refractivity contribution in [1.29, 1.82) is 0 Å². The molecule has 0 radical (unpaired) electrons. The number of aliphatic carboxylic acids is 1. The van der Waals surface area contributed by atoms with Crippen molar-refractivity contribution >= 4 is 12.0 Å². The van der Waals surface area contributed by atoms with Gasteiger partial charge in [0.15, 0.2) is 6.10 Å². The summed E-state index contributed by atoms with van der Waals surface area (Å²) in [6.07, 6.45) is 1.82. The Balaban J connectivity index is 2.27. The second-order valence-corrected chi connectivity index (χ2v) is 5.16. The maximum Gasteiger partial charge on any atom is 0.332 e. The molecule has 7 nitrogen and oxygen atoms in total. The SMILES string of the molecule is CN(CC1(O)CCCC1)C(=O)NCC[C@H](O)C(=O)O. The molecule has 19 heavy (non-hydrogen) atoms. The average molecular weight is 274 g/mol. The lowest BCUT2D eigenvalue weighted by Crippen LogP contribution is -2.46. The number of hydrogen-bond donors (Lipinski definition) is 4. The van der Waals surface area contributed by atoms with Gasteiger partial charge in [-0.2, -0.15) is 0 Å². The molecule has 1 fully saturated rings. The van der Waals surface area contributed by atoms with E-state index in [1.807, 2.05) is 0 Å². The quantitative estimate of drug-likeness (QED) is 0.535. The van der Waals surface area contributed by atoms with Gasteiger partial charge in [0.05, 0.1) is 12.1 Å². The molecule has 7 heteroatoms. The molecular weight excluding hydrogens is 252 g/mol. The zero-order valence-corrected chi connectivity index (χ0v) is 11.1. The first kappa shape index (κ1) is 15.7. The molecule has 0 unspecified atom stereocenters. The topological polar surface area (TPSA) is 110 Å². The van der Waals surface area contributed by atoms with Crippen LogP contribution in [0.3, 0.4) is 0 Å². The van der Waals surface area contributed by atoms with Crippen LogP contribution in [0.2, 0.25) is 0 Å². The minimum atomic E-state index is -1.47. The van der Waals surface area contributed by atoms with Crippen LogP contribution in [0, 0.1) is 0 Å². The Morgan fingerprint density at radius 3 is 2.47 bits per heavy atom. The van der Waals surface area contributed by atoms with E-state index in [0.29, 0.717) is 12.8 Å². The van der Waals surface area contributed by atoms with E-state index in [1.54, 1.807) is 7.05 Å². The van der Waals surface area contributed by atoms with Gasteiger partial charge in [-0.05, 0) is 12.8 Å². The van der Waals surface area contributed by atoms with Crippen molar-refractivity contribution in [3.63, 3.8) is 0 Å². The van der Waals surface area contributed by atoms with E-state index in [4.69, 9.17) is 10.2 Å². The molecule has 110 valence electrons. The second-order valence-electron chi connectivity index (χ2n) is 5.16. The number of carbonyl (C=O) groups is 2. The van der Waals surface area contributed by atoms with Gasteiger partial charge in [-0.1, -0.05) is 12.8 Å². The third kappa shape index (κ3) is 5.04. The minimum Gasteiger partial charge on any atom is -0.479 e. The molecule has 0 aromatic carbocycles. The van der Waals surface area contributed by atoms with E-state index in [0.717, 1.165) is 12.8 Å². The van der Waals surface area contributed by atoms with Crippen LogP contribution in [0.1, 0.15) is 32.1 Å². The molecule has 2 amide bonds. The molecule has 4 N–H and O–H groups in total. The Morgan fingerprint density at radius 1 is 1.37 bits per heavy atom. The zero-order valence-electron chi connectivity index (χ0n) is 11.1. The Labute approximate surface area is 112 Å². The molecule has 1 atom stereocenters. The van der Waals surface area contributed by atoms with E-state index in [1.165, 1.54) is 4.90 Å². The van der Waals surface area contributed by atoms with Crippen molar-refractivity contribution in [3.05, 3.63) is 0 Å². The van der Waals surface area contributed by atoms with E-state index >= 15 is 0 Å². The molecule has 1 aliphatic rings. The van der Waals surface area contributed by atoms with Crippen molar-refractivity contribution in [2.24, 2.45) is 0 Å². The number of likely N-dealkylation sites (N-methyl/N-ethyl adjacent to an activating group) is 1. The average Bonchev–Trinajstić information content (AvgIpc) is 2.75. The monoisotopic (exact) mass is 274 g/mol. The number of aliphatic hydroxyl groups excluding tert-OH is 1. The summed E-state index contributed by atoms with van der Waals surface area (Å²) in [5, 5.41) is 30.2. The van der Waals surface area contributed by atoms with Crippen LogP contribution in [0.4, 0.5) is 4.79 Å². The standard InChI is InChI=1S/C12H22N2O5/c1-14(8-12(19)5-2-3-6-12)11(18)13-7-4-9(15)10(16)17/h9,15,19H,2-8H2,1H3,(H,13,18)(H,16,17)/t9-/m0/s1. The fourth-order valence-electron chi connectivity index (χ4n) is 2.28. The predicted octanol–water partition coefficient (Wildman–Crippen LogP) is -0.231. The van der Waals surface area contributed by atoms with Crippen molar-refractivity contribution in [3.8, 4) is 0 Å². The summed E-state index contributed by atoms with van der Waals surface area (Å²) < 4.78 is 0. The van der Waals surface area contributed by atoms with Gasteiger partial charge in [-0.25, -0.2) is 9.59 Å². The predicted molar refractivity (Wildman–Crippen MR) is 67.7 cm³/mol. The Kier molecular flexibility index (Phi) is 5.56. The fourth-order valence-corrected chi connectivity index (χ4v) is 2.28. The Hall–Kier alpha value is -1.34. The zero-order chi connectivity index (χ0) is 14.5. The lowest BCUT2D eigenvalue weighted by atomic mass is 10.0. The van der Waals surface area contributed by atoms with E-state index in [2.05, 4.69) is 5.32 Å². The van der Waals surface area contributed by atoms with Gasteiger partial charge in [-0.15, -0.1) is 0 Å². The second kappa shape index (κ2) is 6.72. The van der Waals surface area contributed by atoms with Crippen molar-refractivity contribution in [2.75, 3.05) is 20.1 Å². The molecule has 1 aliphatic carbocycles. The summed E-state index contributed by atoms with van der Waals surface area (Å²) in [7, 11) is 1.58. The number of aliphatic hydroxyl groups is 2. The third-order valence-electron chi connectivity index (χ3n) is 3.39. The van der Waals surface area contributed by atoms with Gasteiger partial charge in [0.25, 0.3) is 0 Å². The van der Waals surface area contributed by atoms with Crippen LogP contribution in [-0.2, 0) is 4.79 Å². The number of rotatable bonds is 6. The third-order valence-corrected chi connectivity index (χ3v) is 3.39. The van der Waals surface area contributed by atoms with E-state index < -0.39 is 17.7 Å². The van der Waals surface area contributed by atoms with Crippen LogP contribution < -0.4 is 5.32 Å². The highest BCUT2D eigenvalue weighted by atomic mass is 16.4. The lowest BCUT2D eigenvalue weighted by molar-refractivity contribution is -0.146. The molecule has 0 aromatic heterocycles. The van der Waals surface area contributed by atoms with E-state index in [-0.39, 0.29) is 25.5 Å². The van der Waals surface area contributed by atoms with Gasteiger partial charge >= 0.3 is 12.0 Å². The van der Waals surface area contributed by atoms with Crippen LogP contribution >= 0.6 is 0 Å². The normalized spacial score (nSPS) is 18.9. The number of hydrogen-bond acceptors (Lipinski definition) is 4. The molecule has 0 heterocycles. The number of urea groups is 1. The highest BCUT2D eigenvalue weighted by molar-refractivity contribution is 5.74. The number of carboxylic acids is 1. The summed E-state index contributed by atoms with van der Waals surface area (Å²) in [6.45, 7) is 0.343. The summed E-state index contributed by atoms with van der Waals surface area (Å²) in [4.78, 5) is 23.5. The molecule has 1 saturated carbocycles. The maximum absolute atomic E-state index is 11.7. The Bertz CT molecular complexity index is 328. The van der Waals surface area contributed by atoms with Crippen LogP contribution in [0.25, 0.3) is 0 Å². The van der Waals surface area contributed by atoms with Crippen molar-refractivity contribution < 1.29 is 24.9 Å². The van der Waals surface area contributed by atoms with Gasteiger partial charge < -0.3 is 25.5 Å². The molecule has 0 bridgehead atoms. The van der Waals surface area contributed by atoms with Crippen LogP contribution in [0.15, 0.2) is 0 Å². The van der Waals surface area contributed by atoms with Crippen LogP contribution in [0.5, 0.6) is 0 Å². The summed E-state index contributed by atoms with van der Waals surface area (Å²) in [5.41, 5.74) is -0.799. The first-order chi connectivity index (χ1) is 8.84. The maximum atomic E-state index is 11.7. The van der Waals surface area contributed by atoms with Gasteiger partial charge in [0.1, 0.15) is 0 Å². The molecule has 0 saturated heterocycles. The summed E-state index contributed by atoms with van der Waals surface area (Å²) in [5.74, 6) is -1.30. The lowest BCUT2D eigenvalue weighted by Gasteiger charge is -2.28. The smallest absolute Gasteiger partial charge is 0.332 e. The van der Waals surface area contributed by atoms with Gasteiger partial charge in [-0.3, -0.25) is 0 Å². The molecular formula is C12H22N2O5. The number of carboxylic acid groups (broad SMARTS) is 1. The molecule has 1 rings (SSSR count). The first-order valence-corrected chi connectivity index (χ1v) is 6.46. The molecule has 0 aliphatic heterocycles.